The van der Waals surface area contributed by atoms with Crippen molar-refractivity contribution in [2.75, 3.05) is 33.3 Å². The number of fused-ring (bicyclic) bond motifs is 1. The summed E-state index contributed by atoms with van der Waals surface area (Å²) >= 11 is 0. The largest absolute Gasteiger partial charge is 0.496 e. The predicted octanol–water partition coefficient (Wildman–Crippen LogP) is 4.69. The number of H-pyrrole nitrogens is 1. The van der Waals surface area contributed by atoms with E-state index >= 15 is 0 Å². The SMILES string of the molecule is COc1cc(C)[nH]c(=O)c1CNC(=O)c1cc2c(-c3c(C)noc3C)ccn2c(C(C)N2CCN(C(F)C(F)F)CC2)c1C. The van der Waals surface area contributed by atoms with Crippen LogP contribution in [0.25, 0.3) is 16.6 Å². The van der Waals surface area contributed by atoms with Gasteiger partial charge in [0.05, 0.1) is 30.4 Å². The molecular formula is C31H37F3N6O4. The van der Waals surface area contributed by atoms with E-state index in [1.807, 2.05) is 50.4 Å². The number of aromatic nitrogens is 3. The molecule has 0 aliphatic carbocycles. The molecule has 10 nitrogen and oxygen atoms in total. The van der Waals surface area contributed by atoms with Gasteiger partial charge in [0, 0.05) is 66.5 Å². The number of hydrogen-bond donors (Lipinski definition) is 2. The Morgan fingerprint density at radius 1 is 1.11 bits per heavy atom. The fourth-order valence-electron chi connectivity index (χ4n) is 6.20. The average Bonchev–Trinajstić information content (AvgIpc) is 3.55. The van der Waals surface area contributed by atoms with E-state index in [0.717, 1.165) is 27.2 Å². The highest BCUT2D eigenvalue weighted by Gasteiger charge is 2.33. The number of carbonyl (C=O) groups is 1. The summed E-state index contributed by atoms with van der Waals surface area (Å²) < 4.78 is 52.9. The van der Waals surface area contributed by atoms with Gasteiger partial charge in [-0.3, -0.25) is 19.4 Å². The van der Waals surface area contributed by atoms with E-state index in [1.54, 1.807) is 13.0 Å². The number of ether oxygens (including phenoxy) is 1. The molecule has 1 aliphatic rings. The highest BCUT2D eigenvalue weighted by Crippen LogP contribution is 2.36. The molecular weight excluding hydrogens is 577 g/mol. The van der Waals surface area contributed by atoms with Gasteiger partial charge < -0.3 is 24.0 Å². The van der Waals surface area contributed by atoms with Crippen LogP contribution < -0.4 is 15.6 Å². The average molecular weight is 615 g/mol. The third kappa shape index (κ3) is 5.73. The number of piperazine rings is 1. The topological polar surface area (TPSA) is 108 Å². The van der Waals surface area contributed by atoms with Crippen molar-refractivity contribution < 1.29 is 27.2 Å². The van der Waals surface area contributed by atoms with Crippen LogP contribution in [0.2, 0.25) is 0 Å². The summed E-state index contributed by atoms with van der Waals surface area (Å²) in [5.74, 6) is 0.633. The molecule has 0 radical (unpaired) electrons. The first kappa shape index (κ1) is 31.3. The quantitative estimate of drug-likeness (QED) is 0.263. The van der Waals surface area contributed by atoms with Crippen LogP contribution in [0.4, 0.5) is 13.2 Å². The van der Waals surface area contributed by atoms with E-state index in [9.17, 15) is 22.8 Å². The molecule has 0 spiro atoms. The van der Waals surface area contributed by atoms with E-state index in [0.29, 0.717) is 52.7 Å². The molecule has 44 heavy (non-hydrogen) atoms. The summed E-state index contributed by atoms with van der Waals surface area (Å²) in [4.78, 5) is 32.5. The Balaban J connectivity index is 1.55. The summed E-state index contributed by atoms with van der Waals surface area (Å²) in [7, 11) is 1.47. The third-order valence-electron chi connectivity index (χ3n) is 8.53. The Morgan fingerprint density at radius 2 is 1.80 bits per heavy atom. The zero-order chi connectivity index (χ0) is 31.9. The van der Waals surface area contributed by atoms with E-state index in [1.165, 1.54) is 7.11 Å². The second-order valence-electron chi connectivity index (χ2n) is 11.2. The second kappa shape index (κ2) is 12.5. The van der Waals surface area contributed by atoms with Gasteiger partial charge in [0.25, 0.3) is 17.9 Å². The number of methoxy groups -OCH3 is 1. The van der Waals surface area contributed by atoms with Gasteiger partial charge in [0.1, 0.15) is 11.5 Å². The molecule has 236 valence electrons. The Bertz CT molecular complexity index is 1720. The molecule has 1 aliphatic heterocycles. The standard InChI is InChI=1S/C31H37F3N6O4/c1-16-13-25(43-6)23(31(42)36-16)15-35-30(41)22-14-24-21(26-18(3)37-44-20(26)5)7-8-40(24)27(17(22)2)19(4)38-9-11-39(12-10-38)29(34)28(32)33/h7-8,13-14,19,28-29H,9-12,15H2,1-6H3,(H,35,41)(H,36,42). The lowest BCUT2D eigenvalue weighted by Gasteiger charge is -2.39. The Labute approximate surface area is 252 Å². The number of alkyl halides is 3. The van der Waals surface area contributed by atoms with Crippen molar-refractivity contribution >= 4 is 11.4 Å². The van der Waals surface area contributed by atoms with Gasteiger partial charge in [-0.15, -0.1) is 0 Å². The van der Waals surface area contributed by atoms with Crippen LogP contribution in [0, 0.1) is 27.7 Å². The number of aryl methyl sites for hydroxylation is 3. The second-order valence-corrected chi connectivity index (χ2v) is 11.2. The summed E-state index contributed by atoms with van der Waals surface area (Å²) in [5, 5.41) is 6.99. The molecule has 1 fully saturated rings. The van der Waals surface area contributed by atoms with Crippen LogP contribution >= 0.6 is 0 Å². The van der Waals surface area contributed by atoms with Crippen molar-refractivity contribution in [3.63, 3.8) is 0 Å². The van der Waals surface area contributed by atoms with Gasteiger partial charge in [-0.05, 0) is 58.4 Å². The number of nitrogens with zero attached hydrogens (tertiary/aromatic N) is 4. The minimum atomic E-state index is -3.06. The van der Waals surface area contributed by atoms with Crippen molar-refractivity contribution in [2.45, 2.75) is 59.9 Å². The van der Waals surface area contributed by atoms with Crippen molar-refractivity contribution in [3.8, 4) is 16.9 Å². The number of amides is 1. The highest BCUT2D eigenvalue weighted by atomic mass is 19.3. The molecule has 5 rings (SSSR count). The van der Waals surface area contributed by atoms with Gasteiger partial charge in [0.2, 0.25) is 6.30 Å². The first-order chi connectivity index (χ1) is 20.9. The highest BCUT2D eigenvalue weighted by molar-refractivity contribution is 5.98. The molecule has 2 unspecified atom stereocenters. The maximum absolute atomic E-state index is 14.0. The monoisotopic (exact) mass is 614 g/mol. The van der Waals surface area contributed by atoms with Crippen LogP contribution in [0.5, 0.6) is 5.75 Å². The maximum atomic E-state index is 14.0. The fourth-order valence-corrected chi connectivity index (χ4v) is 6.20. The maximum Gasteiger partial charge on any atom is 0.282 e. The van der Waals surface area contributed by atoms with Crippen molar-refractivity contribution in [3.05, 3.63) is 74.3 Å². The van der Waals surface area contributed by atoms with Gasteiger partial charge in [0.15, 0.2) is 0 Å². The van der Waals surface area contributed by atoms with Crippen molar-refractivity contribution in [1.29, 1.82) is 0 Å². The summed E-state index contributed by atoms with van der Waals surface area (Å²) in [6.45, 7) is 10.3. The van der Waals surface area contributed by atoms with Gasteiger partial charge in [-0.25, -0.2) is 13.2 Å². The Morgan fingerprint density at radius 3 is 2.41 bits per heavy atom. The molecule has 4 aromatic heterocycles. The molecule has 1 amide bonds. The minimum Gasteiger partial charge on any atom is -0.496 e. The number of carbonyl (C=O) groups excluding carboxylic acids is 1. The number of rotatable bonds is 9. The first-order valence-corrected chi connectivity index (χ1v) is 14.5. The van der Waals surface area contributed by atoms with E-state index in [-0.39, 0.29) is 37.1 Å². The Hall–Kier alpha value is -4.10. The van der Waals surface area contributed by atoms with Crippen LogP contribution in [-0.2, 0) is 6.54 Å². The molecule has 0 bridgehead atoms. The number of pyridine rings is 2. The van der Waals surface area contributed by atoms with Gasteiger partial charge >= 0.3 is 0 Å². The van der Waals surface area contributed by atoms with Gasteiger partial charge in [-0.1, -0.05) is 5.16 Å². The zero-order valence-corrected chi connectivity index (χ0v) is 25.6. The van der Waals surface area contributed by atoms with E-state index in [4.69, 9.17) is 9.26 Å². The molecule has 2 N–H and O–H groups in total. The first-order valence-electron chi connectivity index (χ1n) is 14.5. The molecule has 0 aromatic carbocycles. The minimum absolute atomic E-state index is 0.0542. The number of nitrogens with one attached hydrogen (secondary N) is 2. The number of halogens is 3. The fraction of sp³-hybridized carbons (Fsp3) is 0.452. The smallest absolute Gasteiger partial charge is 0.282 e. The molecule has 2 atom stereocenters. The number of hydrogen-bond acceptors (Lipinski definition) is 7. The lowest BCUT2D eigenvalue weighted by Crippen LogP contribution is -2.51. The lowest BCUT2D eigenvalue weighted by molar-refractivity contribution is -0.0688. The van der Waals surface area contributed by atoms with Crippen molar-refractivity contribution in [1.82, 2.24) is 29.7 Å². The van der Waals surface area contributed by atoms with E-state index < -0.39 is 12.7 Å². The van der Waals surface area contributed by atoms with Crippen LogP contribution in [0.15, 0.2) is 33.7 Å². The molecule has 4 aromatic rings. The lowest BCUT2D eigenvalue weighted by atomic mass is 9.98. The third-order valence-corrected chi connectivity index (χ3v) is 8.53. The summed E-state index contributed by atoms with van der Waals surface area (Å²) in [6.07, 6.45) is -3.43. The molecule has 5 heterocycles. The number of aromatic amines is 1. The molecule has 1 saturated heterocycles. The normalized spacial score (nSPS) is 16.0. The van der Waals surface area contributed by atoms with Gasteiger partial charge in [-0.2, -0.15) is 0 Å². The van der Waals surface area contributed by atoms with Crippen molar-refractivity contribution in [2.24, 2.45) is 0 Å². The van der Waals surface area contributed by atoms with Crippen LogP contribution in [0.3, 0.4) is 0 Å². The van der Waals surface area contributed by atoms with Crippen LogP contribution in [0.1, 0.15) is 57.3 Å². The summed E-state index contributed by atoms with van der Waals surface area (Å²) in [6, 6.07) is 5.21. The molecule has 13 heteroatoms. The zero-order valence-electron chi connectivity index (χ0n) is 25.6. The van der Waals surface area contributed by atoms with Crippen LogP contribution in [-0.4, -0.2) is 76.3 Å². The summed E-state index contributed by atoms with van der Waals surface area (Å²) in [5.41, 5.74) is 5.66. The molecule has 0 saturated carbocycles. The van der Waals surface area contributed by atoms with E-state index in [2.05, 4.69) is 20.4 Å². The Kier molecular flexibility index (Phi) is 8.89. The predicted molar refractivity (Wildman–Crippen MR) is 159 cm³/mol.